The molecular formula is C15H22O3. The van der Waals surface area contributed by atoms with Crippen molar-refractivity contribution >= 4 is 5.97 Å². The standard InChI is InChI=1S/C15H22O3/c1-4-5-8-18-14(15(16)17)10-13-7-6-11(2)12(3)9-13/h6-7,9,14H,4-5,8,10H2,1-3H3,(H,16,17). The van der Waals surface area contributed by atoms with E-state index in [1.54, 1.807) is 0 Å². The maximum absolute atomic E-state index is 11.1. The molecule has 1 aromatic rings. The highest BCUT2D eigenvalue weighted by atomic mass is 16.5. The molecule has 0 aliphatic carbocycles. The second-order valence-electron chi connectivity index (χ2n) is 4.67. The molecule has 0 aliphatic rings. The average molecular weight is 250 g/mol. The summed E-state index contributed by atoms with van der Waals surface area (Å²) in [5, 5.41) is 9.13. The molecule has 1 atom stereocenters. The van der Waals surface area contributed by atoms with Crippen molar-refractivity contribution in [2.45, 2.75) is 46.1 Å². The van der Waals surface area contributed by atoms with Crippen molar-refractivity contribution in [3.63, 3.8) is 0 Å². The fourth-order valence-corrected chi connectivity index (χ4v) is 1.73. The Bertz CT molecular complexity index is 399. The summed E-state index contributed by atoms with van der Waals surface area (Å²) in [5.41, 5.74) is 3.42. The van der Waals surface area contributed by atoms with Crippen LogP contribution >= 0.6 is 0 Å². The van der Waals surface area contributed by atoms with Gasteiger partial charge in [-0.25, -0.2) is 4.79 Å². The van der Waals surface area contributed by atoms with Crippen LogP contribution in [-0.4, -0.2) is 23.8 Å². The molecule has 1 rings (SSSR count). The summed E-state index contributed by atoms with van der Waals surface area (Å²) in [6, 6.07) is 6.03. The number of unbranched alkanes of at least 4 members (excludes halogenated alkanes) is 1. The van der Waals surface area contributed by atoms with Gasteiger partial charge in [-0.2, -0.15) is 0 Å². The zero-order valence-electron chi connectivity index (χ0n) is 11.4. The topological polar surface area (TPSA) is 46.5 Å². The van der Waals surface area contributed by atoms with E-state index in [0.717, 1.165) is 18.4 Å². The Morgan fingerprint density at radius 2 is 2.06 bits per heavy atom. The van der Waals surface area contributed by atoms with Gasteiger partial charge in [-0.05, 0) is 37.0 Å². The predicted octanol–water partition coefficient (Wildman–Crippen LogP) is 3.12. The highest BCUT2D eigenvalue weighted by Gasteiger charge is 2.18. The molecule has 1 unspecified atom stereocenters. The summed E-state index contributed by atoms with van der Waals surface area (Å²) < 4.78 is 5.42. The van der Waals surface area contributed by atoms with Crippen LogP contribution in [0.1, 0.15) is 36.5 Å². The molecule has 0 aliphatic heterocycles. The Morgan fingerprint density at radius 1 is 1.33 bits per heavy atom. The molecule has 0 bridgehead atoms. The maximum atomic E-state index is 11.1. The van der Waals surface area contributed by atoms with Crippen molar-refractivity contribution in [3.8, 4) is 0 Å². The van der Waals surface area contributed by atoms with Gasteiger partial charge in [-0.15, -0.1) is 0 Å². The fraction of sp³-hybridized carbons (Fsp3) is 0.533. The lowest BCUT2D eigenvalue weighted by Crippen LogP contribution is -2.26. The SMILES string of the molecule is CCCCOC(Cc1ccc(C)c(C)c1)C(=O)O. The molecule has 1 N–H and O–H groups in total. The number of hydrogen-bond acceptors (Lipinski definition) is 2. The van der Waals surface area contributed by atoms with Crippen LogP contribution in [0.4, 0.5) is 0 Å². The minimum absolute atomic E-state index is 0.431. The molecule has 0 saturated carbocycles. The summed E-state index contributed by atoms with van der Waals surface area (Å²) >= 11 is 0. The van der Waals surface area contributed by atoms with E-state index in [-0.39, 0.29) is 0 Å². The monoisotopic (exact) mass is 250 g/mol. The molecule has 0 fully saturated rings. The average Bonchev–Trinajstić information content (AvgIpc) is 2.32. The van der Waals surface area contributed by atoms with Crippen LogP contribution in [0.3, 0.4) is 0 Å². The molecule has 0 spiro atoms. The van der Waals surface area contributed by atoms with Gasteiger partial charge in [0.15, 0.2) is 6.10 Å². The number of carbonyl (C=O) groups is 1. The first-order valence-electron chi connectivity index (χ1n) is 6.45. The second kappa shape index (κ2) is 7.17. The van der Waals surface area contributed by atoms with Crippen LogP contribution in [-0.2, 0) is 16.0 Å². The van der Waals surface area contributed by atoms with E-state index >= 15 is 0 Å². The minimum atomic E-state index is -0.885. The molecular weight excluding hydrogens is 228 g/mol. The van der Waals surface area contributed by atoms with Crippen molar-refractivity contribution in [2.24, 2.45) is 0 Å². The molecule has 18 heavy (non-hydrogen) atoms. The highest BCUT2D eigenvalue weighted by Crippen LogP contribution is 2.13. The van der Waals surface area contributed by atoms with Gasteiger partial charge in [0.2, 0.25) is 0 Å². The Hall–Kier alpha value is -1.35. The molecule has 0 saturated heterocycles. The third-order valence-corrected chi connectivity index (χ3v) is 3.08. The Balaban J connectivity index is 2.64. The largest absolute Gasteiger partial charge is 0.479 e. The van der Waals surface area contributed by atoms with Crippen LogP contribution in [0.15, 0.2) is 18.2 Å². The third-order valence-electron chi connectivity index (χ3n) is 3.08. The van der Waals surface area contributed by atoms with Crippen molar-refractivity contribution in [1.29, 1.82) is 0 Å². The number of rotatable bonds is 7. The van der Waals surface area contributed by atoms with Crippen molar-refractivity contribution in [3.05, 3.63) is 34.9 Å². The van der Waals surface area contributed by atoms with Gasteiger partial charge in [-0.3, -0.25) is 0 Å². The van der Waals surface area contributed by atoms with Gasteiger partial charge in [0.1, 0.15) is 0 Å². The van der Waals surface area contributed by atoms with Gasteiger partial charge in [0.25, 0.3) is 0 Å². The van der Waals surface area contributed by atoms with Crippen LogP contribution < -0.4 is 0 Å². The highest BCUT2D eigenvalue weighted by molar-refractivity contribution is 5.72. The van der Waals surface area contributed by atoms with Crippen LogP contribution in [0.2, 0.25) is 0 Å². The first-order valence-corrected chi connectivity index (χ1v) is 6.45. The van der Waals surface area contributed by atoms with Gasteiger partial charge in [0.05, 0.1) is 0 Å². The normalized spacial score (nSPS) is 12.4. The van der Waals surface area contributed by atoms with Crippen molar-refractivity contribution < 1.29 is 14.6 Å². The zero-order valence-corrected chi connectivity index (χ0v) is 11.4. The van der Waals surface area contributed by atoms with E-state index in [9.17, 15) is 4.79 Å². The molecule has 3 heteroatoms. The van der Waals surface area contributed by atoms with Crippen LogP contribution in [0, 0.1) is 13.8 Å². The maximum Gasteiger partial charge on any atom is 0.333 e. The Morgan fingerprint density at radius 3 is 2.61 bits per heavy atom. The first kappa shape index (κ1) is 14.7. The molecule has 3 nitrogen and oxygen atoms in total. The lowest BCUT2D eigenvalue weighted by atomic mass is 10.0. The van der Waals surface area contributed by atoms with Crippen molar-refractivity contribution in [2.75, 3.05) is 6.61 Å². The van der Waals surface area contributed by atoms with Crippen molar-refractivity contribution in [1.82, 2.24) is 0 Å². The molecule has 0 radical (unpaired) electrons. The van der Waals surface area contributed by atoms with Gasteiger partial charge in [0, 0.05) is 13.0 Å². The van der Waals surface area contributed by atoms with E-state index in [4.69, 9.17) is 9.84 Å². The summed E-state index contributed by atoms with van der Waals surface area (Å²) in [6.45, 7) is 6.65. The second-order valence-corrected chi connectivity index (χ2v) is 4.67. The van der Waals surface area contributed by atoms with E-state index in [1.165, 1.54) is 11.1 Å². The van der Waals surface area contributed by atoms with E-state index in [1.807, 2.05) is 32.0 Å². The molecule has 0 aromatic heterocycles. The Labute approximate surface area is 109 Å². The summed E-state index contributed by atoms with van der Waals surface area (Å²) in [7, 11) is 0. The molecule has 0 amide bonds. The molecule has 0 heterocycles. The third kappa shape index (κ3) is 4.49. The smallest absolute Gasteiger partial charge is 0.333 e. The predicted molar refractivity (Wildman–Crippen MR) is 71.9 cm³/mol. The lowest BCUT2D eigenvalue weighted by Gasteiger charge is -2.14. The van der Waals surface area contributed by atoms with E-state index in [2.05, 4.69) is 6.92 Å². The summed E-state index contributed by atoms with van der Waals surface area (Å²) in [6.07, 6.45) is 1.60. The van der Waals surface area contributed by atoms with Crippen LogP contribution in [0.5, 0.6) is 0 Å². The van der Waals surface area contributed by atoms with Gasteiger partial charge < -0.3 is 9.84 Å². The van der Waals surface area contributed by atoms with E-state index in [0.29, 0.717) is 13.0 Å². The molecule has 100 valence electrons. The lowest BCUT2D eigenvalue weighted by molar-refractivity contribution is -0.150. The number of carboxylic acids is 1. The quantitative estimate of drug-likeness (QED) is 0.756. The number of aliphatic carboxylic acids is 1. The summed E-state index contributed by atoms with van der Waals surface area (Å²) in [4.78, 5) is 11.1. The van der Waals surface area contributed by atoms with Gasteiger partial charge in [-0.1, -0.05) is 31.5 Å². The number of carboxylic acid groups (broad SMARTS) is 1. The Kier molecular flexibility index (Phi) is 5.86. The zero-order chi connectivity index (χ0) is 13.5. The number of benzene rings is 1. The van der Waals surface area contributed by atoms with Gasteiger partial charge >= 0.3 is 5.97 Å². The fourth-order valence-electron chi connectivity index (χ4n) is 1.73. The number of hydrogen-bond donors (Lipinski definition) is 1. The number of aryl methyl sites for hydroxylation is 2. The molecule has 1 aromatic carbocycles. The number of ether oxygens (including phenoxy) is 1. The minimum Gasteiger partial charge on any atom is -0.479 e. The first-order chi connectivity index (χ1) is 8.54. The summed E-state index contributed by atoms with van der Waals surface area (Å²) in [5.74, 6) is -0.885. The van der Waals surface area contributed by atoms with Crippen LogP contribution in [0.25, 0.3) is 0 Å². The van der Waals surface area contributed by atoms with E-state index < -0.39 is 12.1 Å².